The van der Waals surface area contributed by atoms with E-state index in [0.717, 1.165) is 13.0 Å². The molecule has 1 heterocycles. The van der Waals surface area contributed by atoms with E-state index in [0.29, 0.717) is 11.8 Å². The SMILES string of the molecule is CCCNc1noc(C)n1. The van der Waals surface area contributed by atoms with Gasteiger partial charge < -0.3 is 9.84 Å². The van der Waals surface area contributed by atoms with Gasteiger partial charge in [0.2, 0.25) is 5.89 Å². The second-order valence-electron chi connectivity index (χ2n) is 2.06. The maximum atomic E-state index is 4.74. The summed E-state index contributed by atoms with van der Waals surface area (Å²) in [4.78, 5) is 3.96. The molecule has 4 heteroatoms. The average molecular weight is 141 g/mol. The van der Waals surface area contributed by atoms with Gasteiger partial charge in [0.05, 0.1) is 0 Å². The van der Waals surface area contributed by atoms with Crippen LogP contribution in [0.15, 0.2) is 4.52 Å². The highest BCUT2D eigenvalue weighted by Crippen LogP contribution is 1.99. The van der Waals surface area contributed by atoms with E-state index in [4.69, 9.17) is 4.52 Å². The van der Waals surface area contributed by atoms with Crippen LogP contribution in [0.2, 0.25) is 0 Å². The molecular weight excluding hydrogens is 130 g/mol. The van der Waals surface area contributed by atoms with Crippen LogP contribution in [0.3, 0.4) is 0 Å². The molecule has 1 rings (SSSR count). The zero-order chi connectivity index (χ0) is 7.40. The predicted molar refractivity (Wildman–Crippen MR) is 37.8 cm³/mol. The topological polar surface area (TPSA) is 51.0 Å². The number of hydrogen-bond donors (Lipinski definition) is 1. The molecular formula is C6H11N3O. The third-order valence-electron chi connectivity index (χ3n) is 1.06. The van der Waals surface area contributed by atoms with Crippen LogP contribution in [0, 0.1) is 6.92 Å². The molecule has 0 unspecified atom stereocenters. The molecule has 1 N–H and O–H groups in total. The van der Waals surface area contributed by atoms with Gasteiger partial charge in [-0.05, 0) is 11.6 Å². The molecule has 0 aromatic carbocycles. The number of aromatic nitrogens is 2. The Bertz CT molecular complexity index is 197. The van der Waals surface area contributed by atoms with E-state index < -0.39 is 0 Å². The van der Waals surface area contributed by atoms with Crippen LogP contribution >= 0.6 is 0 Å². The third kappa shape index (κ3) is 1.72. The molecule has 1 aromatic heterocycles. The van der Waals surface area contributed by atoms with Gasteiger partial charge in [-0.1, -0.05) is 6.92 Å². The molecule has 0 atom stereocenters. The first-order chi connectivity index (χ1) is 4.83. The van der Waals surface area contributed by atoms with Gasteiger partial charge in [0, 0.05) is 13.5 Å². The van der Waals surface area contributed by atoms with E-state index in [2.05, 4.69) is 22.4 Å². The van der Waals surface area contributed by atoms with Gasteiger partial charge >= 0.3 is 0 Å². The summed E-state index contributed by atoms with van der Waals surface area (Å²) < 4.78 is 4.74. The summed E-state index contributed by atoms with van der Waals surface area (Å²) in [7, 11) is 0. The predicted octanol–water partition coefficient (Wildman–Crippen LogP) is 1.20. The Morgan fingerprint density at radius 2 is 2.40 bits per heavy atom. The fraction of sp³-hybridized carbons (Fsp3) is 0.667. The quantitative estimate of drug-likeness (QED) is 0.687. The minimum Gasteiger partial charge on any atom is -0.352 e. The fourth-order valence-electron chi connectivity index (χ4n) is 0.608. The number of rotatable bonds is 3. The van der Waals surface area contributed by atoms with Gasteiger partial charge in [0.15, 0.2) is 0 Å². The second-order valence-corrected chi connectivity index (χ2v) is 2.06. The Labute approximate surface area is 59.6 Å². The zero-order valence-electron chi connectivity index (χ0n) is 6.22. The lowest BCUT2D eigenvalue weighted by molar-refractivity contribution is 0.394. The van der Waals surface area contributed by atoms with Crippen LogP contribution < -0.4 is 5.32 Å². The molecule has 0 amide bonds. The number of aryl methyl sites for hydroxylation is 1. The van der Waals surface area contributed by atoms with Crippen LogP contribution in [-0.2, 0) is 0 Å². The standard InChI is InChI=1S/C6H11N3O/c1-3-4-7-6-8-5(2)10-9-6/h3-4H2,1-2H3,(H,7,9). The van der Waals surface area contributed by atoms with E-state index in [1.165, 1.54) is 0 Å². The Balaban J connectivity index is 2.42. The monoisotopic (exact) mass is 141 g/mol. The van der Waals surface area contributed by atoms with E-state index >= 15 is 0 Å². The van der Waals surface area contributed by atoms with Gasteiger partial charge in [-0.3, -0.25) is 0 Å². The van der Waals surface area contributed by atoms with Gasteiger partial charge in [-0.15, -0.1) is 0 Å². The van der Waals surface area contributed by atoms with Crippen molar-refractivity contribution < 1.29 is 4.52 Å². The molecule has 0 aliphatic carbocycles. The summed E-state index contributed by atoms with van der Waals surface area (Å²) in [6, 6.07) is 0. The Morgan fingerprint density at radius 3 is 2.90 bits per heavy atom. The zero-order valence-corrected chi connectivity index (χ0v) is 6.22. The molecule has 0 bridgehead atoms. The normalized spacial score (nSPS) is 9.80. The summed E-state index contributed by atoms with van der Waals surface area (Å²) in [5.41, 5.74) is 0. The highest BCUT2D eigenvalue weighted by atomic mass is 16.5. The van der Waals surface area contributed by atoms with Crippen molar-refractivity contribution in [3.05, 3.63) is 5.89 Å². The lowest BCUT2D eigenvalue weighted by Crippen LogP contribution is -2.00. The Morgan fingerprint density at radius 1 is 1.60 bits per heavy atom. The minimum absolute atomic E-state index is 0.583. The third-order valence-corrected chi connectivity index (χ3v) is 1.06. The van der Waals surface area contributed by atoms with E-state index in [-0.39, 0.29) is 0 Å². The first-order valence-electron chi connectivity index (χ1n) is 3.37. The summed E-state index contributed by atoms with van der Waals surface area (Å²) in [5.74, 6) is 1.18. The summed E-state index contributed by atoms with van der Waals surface area (Å²) in [6.07, 6.45) is 1.06. The molecule has 0 spiro atoms. The first kappa shape index (κ1) is 7.05. The lowest BCUT2D eigenvalue weighted by Gasteiger charge is -1.93. The van der Waals surface area contributed by atoms with Gasteiger partial charge in [0.25, 0.3) is 5.95 Å². The van der Waals surface area contributed by atoms with Crippen LogP contribution in [-0.4, -0.2) is 16.7 Å². The van der Waals surface area contributed by atoms with Gasteiger partial charge in [-0.25, -0.2) is 0 Å². The molecule has 10 heavy (non-hydrogen) atoms. The van der Waals surface area contributed by atoms with Crippen molar-refractivity contribution in [2.75, 3.05) is 11.9 Å². The first-order valence-corrected chi connectivity index (χ1v) is 3.37. The maximum Gasteiger partial charge on any atom is 0.263 e. The van der Waals surface area contributed by atoms with Crippen molar-refractivity contribution in [3.63, 3.8) is 0 Å². The van der Waals surface area contributed by atoms with Crippen LogP contribution in [0.5, 0.6) is 0 Å². The average Bonchev–Trinajstić information content (AvgIpc) is 2.31. The molecule has 0 fully saturated rings. The van der Waals surface area contributed by atoms with Crippen LogP contribution in [0.25, 0.3) is 0 Å². The van der Waals surface area contributed by atoms with Crippen LogP contribution in [0.1, 0.15) is 19.2 Å². The van der Waals surface area contributed by atoms with E-state index in [9.17, 15) is 0 Å². The van der Waals surface area contributed by atoms with E-state index in [1.54, 1.807) is 6.92 Å². The Kier molecular flexibility index (Phi) is 2.25. The molecule has 0 saturated heterocycles. The number of nitrogens with zero attached hydrogens (tertiary/aromatic N) is 2. The summed E-state index contributed by atoms with van der Waals surface area (Å²) in [6.45, 7) is 4.74. The Hall–Kier alpha value is -1.06. The summed E-state index contributed by atoms with van der Waals surface area (Å²) in [5, 5.41) is 6.66. The van der Waals surface area contributed by atoms with Crippen molar-refractivity contribution in [2.45, 2.75) is 20.3 Å². The van der Waals surface area contributed by atoms with Crippen molar-refractivity contribution in [2.24, 2.45) is 0 Å². The fourth-order valence-corrected chi connectivity index (χ4v) is 0.608. The summed E-state index contributed by atoms with van der Waals surface area (Å²) >= 11 is 0. The number of hydrogen-bond acceptors (Lipinski definition) is 4. The lowest BCUT2D eigenvalue weighted by atomic mass is 10.5. The van der Waals surface area contributed by atoms with Crippen molar-refractivity contribution in [3.8, 4) is 0 Å². The molecule has 0 saturated carbocycles. The van der Waals surface area contributed by atoms with Crippen molar-refractivity contribution >= 4 is 5.95 Å². The second kappa shape index (κ2) is 3.20. The molecule has 0 aliphatic heterocycles. The largest absolute Gasteiger partial charge is 0.352 e. The van der Waals surface area contributed by atoms with E-state index in [1.807, 2.05) is 0 Å². The molecule has 1 aromatic rings. The van der Waals surface area contributed by atoms with Crippen LogP contribution in [0.4, 0.5) is 5.95 Å². The molecule has 0 aliphatic rings. The van der Waals surface area contributed by atoms with Gasteiger partial charge in [0.1, 0.15) is 0 Å². The highest BCUT2D eigenvalue weighted by molar-refractivity contribution is 5.20. The molecule has 4 nitrogen and oxygen atoms in total. The highest BCUT2D eigenvalue weighted by Gasteiger charge is 1.97. The smallest absolute Gasteiger partial charge is 0.263 e. The van der Waals surface area contributed by atoms with Gasteiger partial charge in [-0.2, -0.15) is 4.98 Å². The maximum absolute atomic E-state index is 4.74. The molecule has 0 radical (unpaired) electrons. The number of anilines is 1. The van der Waals surface area contributed by atoms with Crippen molar-refractivity contribution in [1.82, 2.24) is 10.1 Å². The molecule has 56 valence electrons. The minimum atomic E-state index is 0.583. The number of nitrogens with one attached hydrogen (secondary N) is 1. The van der Waals surface area contributed by atoms with Crippen molar-refractivity contribution in [1.29, 1.82) is 0 Å².